The van der Waals surface area contributed by atoms with Crippen LogP contribution in [-0.2, 0) is 19.9 Å². The minimum Gasteiger partial charge on any atom is -0.494 e. The molecule has 0 spiro atoms. The molecular weight excluding hydrogens is 661 g/mol. The van der Waals surface area contributed by atoms with Gasteiger partial charge in [0.15, 0.2) is 0 Å². The van der Waals surface area contributed by atoms with Crippen molar-refractivity contribution in [1.29, 1.82) is 0 Å². The zero-order valence-electron chi connectivity index (χ0n) is 27.5. The van der Waals surface area contributed by atoms with Crippen molar-refractivity contribution in [1.82, 2.24) is 19.1 Å². The predicted octanol–water partition coefficient (Wildman–Crippen LogP) is 8.29. The zero-order chi connectivity index (χ0) is 34.3. The number of carbonyl (C=O) groups excluding carboxylic acids is 1. The van der Waals surface area contributed by atoms with E-state index in [-0.39, 0.29) is 17.6 Å². The summed E-state index contributed by atoms with van der Waals surface area (Å²) in [6.07, 6.45) is 3.40. The Morgan fingerprint density at radius 1 is 1.02 bits per heavy atom. The fourth-order valence-corrected chi connectivity index (χ4v) is 8.23. The molecule has 0 fully saturated rings. The van der Waals surface area contributed by atoms with E-state index in [1.807, 2.05) is 68.1 Å². The summed E-state index contributed by atoms with van der Waals surface area (Å²) in [5.74, 6) is -0.408. The van der Waals surface area contributed by atoms with E-state index in [1.165, 1.54) is 0 Å². The Morgan fingerprint density at radius 3 is 2.55 bits per heavy atom. The van der Waals surface area contributed by atoms with Crippen molar-refractivity contribution in [3.8, 4) is 16.9 Å². The number of hydrogen-bond donors (Lipinski definition) is 1. The first-order chi connectivity index (χ1) is 23.5. The van der Waals surface area contributed by atoms with Crippen LogP contribution in [0.2, 0.25) is 10.0 Å². The summed E-state index contributed by atoms with van der Waals surface area (Å²) < 4.78 is 10.0. The first-order valence-corrected chi connectivity index (χ1v) is 17.0. The SMILES string of the molecule is Cc1cc(OCCCc2c3n4c5c(c(Cl)ccc25)-c2c(C)ncnc2C[C@@H]4CN(c2cccc4cc(C(=O)O)n(C)c24)C3=O)cc(C)c1Cl. The number of carbonyl (C=O) groups is 2. The number of aromatic carboxylic acids is 1. The summed E-state index contributed by atoms with van der Waals surface area (Å²) >= 11 is 13.4. The molecule has 0 unspecified atom stereocenters. The number of fused-ring (bicyclic) bond motifs is 3. The number of para-hydroxylation sites is 1. The number of nitrogens with zero attached hydrogens (tertiary/aromatic N) is 5. The number of benzene rings is 3. The second kappa shape index (κ2) is 11.6. The first kappa shape index (κ1) is 31.4. The van der Waals surface area contributed by atoms with Gasteiger partial charge in [0.2, 0.25) is 0 Å². The highest BCUT2D eigenvalue weighted by molar-refractivity contribution is 6.35. The number of anilines is 1. The normalized spacial score (nSPS) is 15.2. The molecule has 3 aromatic carbocycles. The number of hydrogen-bond acceptors (Lipinski definition) is 5. The quantitative estimate of drug-likeness (QED) is 0.169. The van der Waals surface area contributed by atoms with Crippen LogP contribution >= 0.6 is 23.2 Å². The Kier molecular flexibility index (Phi) is 7.46. The van der Waals surface area contributed by atoms with E-state index in [2.05, 4.69) is 9.55 Å². The fourth-order valence-electron chi connectivity index (χ4n) is 7.87. The van der Waals surface area contributed by atoms with Crippen LogP contribution in [0.5, 0.6) is 5.75 Å². The predicted molar refractivity (Wildman–Crippen MR) is 192 cm³/mol. The second-order valence-corrected chi connectivity index (χ2v) is 13.8. The summed E-state index contributed by atoms with van der Waals surface area (Å²) in [6, 6.07) is 14.9. The summed E-state index contributed by atoms with van der Waals surface area (Å²) in [4.78, 5) is 38.1. The standard InChI is InChI=1S/C38H33Cl2N5O4/c1-19-13-24(14-20(2)33(19)40)49-12-6-8-25-26-10-11-27(39)32-31-21(3)41-18-42-28(31)16-23-17-44(37(46)36(25)45(23)35(26)32)29-9-5-7-22-15-30(38(47)48)43(4)34(22)29/h5,7,9-11,13-15,18,23H,6,8,12,16-17H2,1-4H3,(H,47,48)/t23-/m1/s1. The van der Waals surface area contributed by atoms with Gasteiger partial charge in [0.05, 0.1) is 40.1 Å². The maximum Gasteiger partial charge on any atom is 0.352 e. The molecule has 3 aromatic heterocycles. The van der Waals surface area contributed by atoms with Crippen LogP contribution in [-0.4, -0.2) is 49.2 Å². The van der Waals surface area contributed by atoms with Gasteiger partial charge in [0.1, 0.15) is 23.5 Å². The van der Waals surface area contributed by atoms with Crippen molar-refractivity contribution in [3.05, 3.63) is 104 Å². The summed E-state index contributed by atoms with van der Waals surface area (Å²) in [6.45, 7) is 6.71. The van der Waals surface area contributed by atoms with Gasteiger partial charge in [-0.15, -0.1) is 0 Å². The molecule has 1 amide bonds. The van der Waals surface area contributed by atoms with Gasteiger partial charge in [-0.25, -0.2) is 14.8 Å². The van der Waals surface area contributed by atoms with Crippen molar-refractivity contribution in [2.75, 3.05) is 18.1 Å². The lowest BCUT2D eigenvalue weighted by atomic mass is 9.95. The lowest BCUT2D eigenvalue weighted by Gasteiger charge is -2.35. The summed E-state index contributed by atoms with van der Waals surface area (Å²) in [5.41, 5.74) is 9.36. The van der Waals surface area contributed by atoms with Crippen LogP contribution in [0.3, 0.4) is 0 Å². The number of rotatable bonds is 7. The molecule has 11 heteroatoms. The summed E-state index contributed by atoms with van der Waals surface area (Å²) in [5, 5.41) is 12.9. The Labute approximate surface area is 292 Å². The van der Waals surface area contributed by atoms with Gasteiger partial charge in [-0.05, 0) is 80.6 Å². The maximum absolute atomic E-state index is 15.0. The fraction of sp³-hybridized carbons (Fsp3) is 0.263. The second-order valence-electron chi connectivity index (χ2n) is 13.0. The van der Waals surface area contributed by atoms with Gasteiger partial charge in [-0.1, -0.05) is 41.4 Å². The van der Waals surface area contributed by atoms with Crippen molar-refractivity contribution in [2.45, 2.75) is 46.1 Å². The number of amides is 1. The van der Waals surface area contributed by atoms with Gasteiger partial charge < -0.3 is 23.9 Å². The van der Waals surface area contributed by atoms with E-state index >= 15 is 0 Å². The molecule has 0 aliphatic carbocycles. The largest absolute Gasteiger partial charge is 0.494 e. The molecule has 0 saturated heterocycles. The summed E-state index contributed by atoms with van der Waals surface area (Å²) in [7, 11) is 1.73. The van der Waals surface area contributed by atoms with Crippen molar-refractivity contribution < 1.29 is 19.4 Å². The highest BCUT2D eigenvalue weighted by Gasteiger charge is 2.41. The molecule has 8 rings (SSSR count). The van der Waals surface area contributed by atoms with Crippen LogP contribution in [0, 0.1) is 20.8 Å². The number of aryl methyl sites for hydroxylation is 5. The lowest BCUT2D eigenvalue weighted by Crippen LogP contribution is -2.44. The van der Waals surface area contributed by atoms with E-state index in [4.69, 9.17) is 32.9 Å². The molecule has 0 saturated carbocycles. The van der Waals surface area contributed by atoms with E-state index < -0.39 is 5.97 Å². The van der Waals surface area contributed by atoms with Crippen LogP contribution in [0.4, 0.5) is 5.69 Å². The Morgan fingerprint density at radius 2 is 1.80 bits per heavy atom. The zero-order valence-corrected chi connectivity index (χ0v) is 29.0. The Bertz CT molecular complexity index is 2370. The molecule has 0 radical (unpaired) electrons. The Hall–Kier alpha value is -4.86. The van der Waals surface area contributed by atoms with Crippen molar-refractivity contribution >= 4 is 62.6 Å². The molecule has 2 aliphatic rings. The van der Waals surface area contributed by atoms with E-state index in [0.29, 0.717) is 54.3 Å². The third-order valence-corrected chi connectivity index (χ3v) is 10.9. The minimum absolute atomic E-state index is 0.145. The molecule has 49 heavy (non-hydrogen) atoms. The van der Waals surface area contributed by atoms with Gasteiger partial charge in [-0.2, -0.15) is 0 Å². The number of carboxylic acids is 1. The maximum atomic E-state index is 15.0. The van der Waals surface area contributed by atoms with Gasteiger partial charge in [0, 0.05) is 52.6 Å². The molecule has 248 valence electrons. The molecule has 0 bridgehead atoms. The van der Waals surface area contributed by atoms with E-state index in [0.717, 1.165) is 66.3 Å². The van der Waals surface area contributed by atoms with Crippen LogP contribution < -0.4 is 9.64 Å². The highest BCUT2D eigenvalue weighted by Crippen LogP contribution is 2.48. The average Bonchev–Trinajstić information content (AvgIpc) is 3.54. The van der Waals surface area contributed by atoms with E-state index in [1.54, 1.807) is 24.0 Å². The average molecular weight is 695 g/mol. The third kappa shape index (κ3) is 4.82. The van der Waals surface area contributed by atoms with Crippen LogP contribution in [0.25, 0.3) is 32.9 Å². The number of aromatic nitrogens is 4. The third-order valence-electron chi connectivity index (χ3n) is 10.0. The number of carboxylic acid groups (broad SMARTS) is 1. The molecule has 9 nitrogen and oxygen atoms in total. The molecule has 1 N–H and O–H groups in total. The topological polar surface area (TPSA) is 102 Å². The monoisotopic (exact) mass is 693 g/mol. The molecule has 1 atom stereocenters. The van der Waals surface area contributed by atoms with Crippen molar-refractivity contribution in [3.63, 3.8) is 0 Å². The molecular formula is C38H33Cl2N5O4. The van der Waals surface area contributed by atoms with Crippen molar-refractivity contribution in [2.24, 2.45) is 7.05 Å². The van der Waals surface area contributed by atoms with Gasteiger partial charge in [-0.3, -0.25) is 4.79 Å². The van der Waals surface area contributed by atoms with Crippen LogP contribution in [0.1, 0.15) is 61.5 Å². The molecule has 6 aromatic rings. The minimum atomic E-state index is -1.02. The molecule has 5 heterocycles. The smallest absolute Gasteiger partial charge is 0.352 e. The van der Waals surface area contributed by atoms with Gasteiger partial charge in [0.25, 0.3) is 5.91 Å². The van der Waals surface area contributed by atoms with Crippen LogP contribution in [0.15, 0.2) is 54.9 Å². The first-order valence-electron chi connectivity index (χ1n) is 16.2. The molecule has 2 aliphatic heterocycles. The van der Waals surface area contributed by atoms with E-state index in [9.17, 15) is 14.7 Å². The Balaban J connectivity index is 1.28. The van der Waals surface area contributed by atoms with Gasteiger partial charge >= 0.3 is 5.97 Å². The lowest BCUT2D eigenvalue weighted by molar-refractivity contribution is 0.0687. The number of ether oxygens (including phenoxy) is 1. The number of halogens is 2. The highest BCUT2D eigenvalue weighted by atomic mass is 35.5.